The fraction of sp³-hybridized carbons (Fsp3) is 0.679. The third-order valence-electron chi connectivity index (χ3n) is 9.88. The second kappa shape index (κ2) is 7.62. The SMILES string of the molecule is CC(=O)C1CCC2C3CC=C4CC(OCc5ccccc5)CCC4(C)C3CCC12C. The van der Waals surface area contributed by atoms with Crippen LogP contribution in [0.25, 0.3) is 0 Å². The normalized spacial score (nSPS) is 42.6. The summed E-state index contributed by atoms with van der Waals surface area (Å²) in [6.45, 7) is 7.57. The second-order valence-electron chi connectivity index (χ2n) is 11.2. The Balaban J connectivity index is 1.30. The Labute approximate surface area is 182 Å². The van der Waals surface area contributed by atoms with Crippen molar-refractivity contribution in [1.82, 2.24) is 0 Å². The summed E-state index contributed by atoms with van der Waals surface area (Å²) in [5.74, 6) is 3.07. The molecule has 162 valence electrons. The first kappa shape index (κ1) is 20.5. The third-order valence-corrected chi connectivity index (χ3v) is 9.88. The summed E-state index contributed by atoms with van der Waals surface area (Å²) in [5.41, 5.74) is 3.56. The van der Waals surface area contributed by atoms with Gasteiger partial charge in [-0.15, -0.1) is 0 Å². The number of ketones is 1. The highest BCUT2D eigenvalue weighted by molar-refractivity contribution is 5.79. The highest BCUT2D eigenvalue weighted by atomic mass is 16.5. The van der Waals surface area contributed by atoms with Gasteiger partial charge < -0.3 is 4.74 Å². The van der Waals surface area contributed by atoms with E-state index < -0.39 is 0 Å². The lowest BCUT2D eigenvalue weighted by Crippen LogP contribution is -2.51. The number of hydrogen-bond acceptors (Lipinski definition) is 2. The number of carbonyl (C=O) groups is 1. The number of ether oxygens (including phenoxy) is 1. The maximum Gasteiger partial charge on any atom is 0.133 e. The summed E-state index contributed by atoms with van der Waals surface area (Å²) in [7, 11) is 0. The number of carbonyl (C=O) groups excluding carboxylic acids is 1. The van der Waals surface area contributed by atoms with E-state index >= 15 is 0 Å². The van der Waals surface area contributed by atoms with E-state index in [-0.39, 0.29) is 5.41 Å². The molecule has 1 aromatic carbocycles. The summed E-state index contributed by atoms with van der Waals surface area (Å²) in [6, 6.07) is 10.6. The molecule has 2 heteroatoms. The number of hydrogen-bond donors (Lipinski definition) is 0. The number of rotatable bonds is 4. The topological polar surface area (TPSA) is 26.3 Å². The van der Waals surface area contributed by atoms with Gasteiger partial charge in [0.15, 0.2) is 0 Å². The molecule has 0 amide bonds. The molecule has 0 saturated heterocycles. The molecule has 3 fully saturated rings. The van der Waals surface area contributed by atoms with Crippen molar-refractivity contribution < 1.29 is 9.53 Å². The molecule has 7 atom stereocenters. The van der Waals surface area contributed by atoms with Crippen molar-refractivity contribution in [3.05, 3.63) is 47.5 Å². The van der Waals surface area contributed by atoms with Gasteiger partial charge in [0.05, 0.1) is 12.7 Å². The van der Waals surface area contributed by atoms with Gasteiger partial charge in [-0.3, -0.25) is 4.79 Å². The van der Waals surface area contributed by atoms with Crippen molar-refractivity contribution in [3.63, 3.8) is 0 Å². The Kier molecular flexibility index (Phi) is 5.21. The molecule has 0 spiro atoms. The summed E-state index contributed by atoms with van der Waals surface area (Å²) in [5, 5.41) is 0. The van der Waals surface area contributed by atoms with Gasteiger partial charge >= 0.3 is 0 Å². The Bertz CT molecular complexity index is 826. The van der Waals surface area contributed by atoms with Crippen LogP contribution >= 0.6 is 0 Å². The Morgan fingerprint density at radius 2 is 1.83 bits per heavy atom. The molecule has 0 N–H and O–H groups in total. The predicted molar refractivity (Wildman–Crippen MR) is 121 cm³/mol. The van der Waals surface area contributed by atoms with Crippen LogP contribution in [0.3, 0.4) is 0 Å². The first-order chi connectivity index (χ1) is 14.4. The minimum Gasteiger partial charge on any atom is -0.373 e. The lowest BCUT2D eigenvalue weighted by Gasteiger charge is -2.58. The third kappa shape index (κ3) is 3.22. The molecule has 0 bridgehead atoms. The van der Waals surface area contributed by atoms with Crippen LogP contribution in [0, 0.1) is 34.5 Å². The fourth-order valence-corrected chi connectivity index (χ4v) is 8.23. The molecule has 4 aliphatic rings. The fourth-order valence-electron chi connectivity index (χ4n) is 8.23. The molecule has 0 aromatic heterocycles. The minimum atomic E-state index is 0.255. The van der Waals surface area contributed by atoms with E-state index in [1.165, 1.54) is 44.1 Å². The van der Waals surface area contributed by atoms with Crippen LogP contribution in [-0.2, 0) is 16.1 Å². The zero-order chi connectivity index (χ0) is 20.9. The lowest BCUT2D eigenvalue weighted by atomic mass is 9.47. The molecule has 4 aliphatic carbocycles. The van der Waals surface area contributed by atoms with Crippen LogP contribution in [0.5, 0.6) is 0 Å². The van der Waals surface area contributed by atoms with Gasteiger partial charge in [-0.1, -0.05) is 55.8 Å². The van der Waals surface area contributed by atoms with E-state index in [2.05, 4.69) is 50.3 Å². The zero-order valence-electron chi connectivity index (χ0n) is 19.0. The van der Waals surface area contributed by atoms with Crippen LogP contribution in [-0.4, -0.2) is 11.9 Å². The molecule has 7 unspecified atom stereocenters. The highest BCUT2D eigenvalue weighted by Crippen LogP contribution is 2.66. The van der Waals surface area contributed by atoms with Crippen LogP contribution in [0.4, 0.5) is 0 Å². The number of benzene rings is 1. The summed E-state index contributed by atoms with van der Waals surface area (Å²) in [4.78, 5) is 12.3. The quantitative estimate of drug-likeness (QED) is 0.518. The van der Waals surface area contributed by atoms with Gasteiger partial charge in [-0.2, -0.15) is 0 Å². The van der Waals surface area contributed by atoms with Gasteiger partial charge in [0.25, 0.3) is 0 Å². The molecular formula is C28H38O2. The molecule has 5 rings (SSSR count). The van der Waals surface area contributed by atoms with Crippen LogP contribution in [0.1, 0.15) is 77.7 Å². The molecule has 2 nitrogen and oxygen atoms in total. The smallest absolute Gasteiger partial charge is 0.133 e. The molecule has 3 saturated carbocycles. The average molecular weight is 407 g/mol. The molecule has 0 radical (unpaired) electrons. The van der Waals surface area contributed by atoms with Gasteiger partial charge in [0.1, 0.15) is 5.78 Å². The van der Waals surface area contributed by atoms with E-state index in [9.17, 15) is 4.79 Å². The molecule has 30 heavy (non-hydrogen) atoms. The van der Waals surface area contributed by atoms with E-state index in [1.807, 2.05) is 6.92 Å². The second-order valence-corrected chi connectivity index (χ2v) is 11.2. The van der Waals surface area contributed by atoms with E-state index in [4.69, 9.17) is 4.74 Å². The Morgan fingerprint density at radius 1 is 1.03 bits per heavy atom. The largest absolute Gasteiger partial charge is 0.373 e. The lowest BCUT2D eigenvalue weighted by molar-refractivity contribution is -0.127. The first-order valence-electron chi connectivity index (χ1n) is 12.3. The van der Waals surface area contributed by atoms with Crippen molar-refractivity contribution in [1.29, 1.82) is 0 Å². The maximum absolute atomic E-state index is 12.3. The standard InChI is InChI=1S/C28H38O2/c1-19(29)24-11-12-25-23-10-9-21-17-22(30-18-20-7-5-4-6-8-20)13-15-27(21,2)26(23)14-16-28(24,25)3/h4-9,22-26H,10-18H2,1-3H3. The van der Waals surface area contributed by atoms with Crippen LogP contribution < -0.4 is 0 Å². The predicted octanol–water partition coefficient (Wildman–Crippen LogP) is 6.74. The van der Waals surface area contributed by atoms with E-state index in [0.29, 0.717) is 23.2 Å². The average Bonchev–Trinajstić information content (AvgIpc) is 3.10. The van der Waals surface area contributed by atoms with Crippen molar-refractivity contribution in [2.24, 2.45) is 34.5 Å². The number of allylic oxidation sites excluding steroid dienone is 1. The van der Waals surface area contributed by atoms with Crippen LogP contribution in [0.15, 0.2) is 42.0 Å². The van der Waals surface area contributed by atoms with Gasteiger partial charge in [-0.05, 0) is 92.4 Å². The molecule has 0 heterocycles. The molecule has 0 aliphatic heterocycles. The van der Waals surface area contributed by atoms with E-state index in [1.54, 1.807) is 5.57 Å². The summed E-state index contributed by atoms with van der Waals surface area (Å²) in [6.07, 6.45) is 12.7. The van der Waals surface area contributed by atoms with Gasteiger partial charge in [0.2, 0.25) is 0 Å². The molecule has 1 aromatic rings. The Morgan fingerprint density at radius 3 is 2.60 bits per heavy atom. The monoisotopic (exact) mass is 406 g/mol. The zero-order valence-corrected chi connectivity index (χ0v) is 19.0. The maximum atomic E-state index is 12.3. The number of Topliss-reactive ketones (excluding diaryl/α,β-unsaturated/α-hetero) is 1. The highest BCUT2D eigenvalue weighted by Gasteiger charge is 2.59. The van der Waals surface area contributed by atoms with Crippen molar-refractivity contribution in [2.45, 2.75) is 84.8 Å². The van der Waals surface area contributed by atoms with Crippen molar-refractivity contribution in [3.8, 4) is 0 Å². The Hall–Kier alpha value is -1.41. The minimum absolute atomic E-state index is 0.255. The summed E-state index contributed by atoms with van der Waals surface area (Å²) >= 11 is 0. The summed E-state index contributed by atoms with van der Waals surface area (Å²) < 4.78 is 6.35. The van der Waals surface area contributed by atoms with Crippen molar-refractivity contribution >= 4 is 5.78 Å². The first-order valence-corrected chi connectivity index (χ1v) is 12.3. The van der Waals surface area contributed by atoms with Crippen LogP contribution in [0.2, 0.25) is 0 Å². The molecular weight excluding hydrogens is 368 g/mol. The van der Waals surface area contributed by atoms with E-state index in [0.717, 1.165) is 37.2 Å². The van der Waals surface area contributed by atoms with Crippen molar-refractivity contribution in [2.75, 3.05) is 0 Å². The number of fused-ring (bicyclic) bond motifs is 5. The van der Waals surface area contributed by atoms with Gasteiger partial charge in [0, 0.05) is 5.92 Å². The van der Waals surface area contributed by atoms with Gasteiger partial charge in [-0.25, -0.2) is 0 Å².